The fourth-order valence-electron chi connectivity index (χ4n) is 4.37. The lowest BCUT2D eigenvalue weighted by molar-refractivity contribution is -0.242. The summed E-state index contributed by atoms with van der Waals surface area (Å²) < 4.78 is 91.5. The average Bonchev–Trinajstić information content (AvgIpc) is 2.84. The van der Waals surface area contributed by atoms with E-state index in [1.54, 1.807) is 0 Å². The largest absolute Gasteiger partial charge is 0.484 e. The molecule has 2 N–H and O–H groups in total. The van der Waals surface area contributed by atoms with Crippen LogP contribution in [-0.2, 0) is 19.6 Å². The SMILES string of the molecule is CC1CC(C(=O)NC[C@H]2CN(S(=O)(=O)c3ccc(F)cc3)c3cc(NC(=O)OC(C)(C)C(F)(F)F)ccc3O2)C1. The van der Waals surface area contributed by atoms with Crippen LogP contribution in [0.3, 0.4) is 0 Å². The fraction of sp³-hybridized carbons (Fsp3) is 0.462. The summed E-state index contributed by atoms with van der Waals surface area (Å²) in [5, 5.41) is 4.97. The number of hydrogen-bond donors (Lipinski definition) is 2. The van der Waals surface area contributed by atoms with Crippen molar-refractivity contribution in [1.29, 1.82) is 0 Å². The second-order valence-corrected chi connectivity index (χ2v) is 12.3. The number of halogens is 4. The Labute approximate surface area is 228 Å². The highest BCUT2D eigenvalue weighted by Gasteiger charge is 2.51. The second kappa shape index (κ2) is 10.8. The lowest BCUT2D eigenvalue weighted by atomic mass is 9.76. The topological polar surface area (TPSA) is 114 Å². The Morgan fingerprint density at radius 2 is 1.75 bits per heavy atom. The number of alkyl halides is 3. The Bertz CT molecular complexity index is 1380. The monoisotopic (exact) mass is 587 g/mol. The summed E-state index contributed by atoms with van der Waals surface area (Å²) in [6.45, 7) is 3.19. The highest BCUT2D eigenvalue weighted by Crippen LogP contribution is 2.40. The summed E-state index contributed by atoms with van der Waals surface area (Å²) in [6, 6.07) is 8.02. The quantitative estimate of drug-likeness (QED) is 0.449. The predicted octanol–water partition coefficient (Wildman–Crippen LogP) is 4.83. The molecule has 0 unspecified atom stereocenters. The number of nitrogens with one attached hydrogen (secondary N) is 2. The maximum absolute atomic E-state index is 13.6. The highest BCUT2D eigenvalue weighted by atomic mass is 32.2. The molecule has 14 heteroatoms. The third-order valence-electron chi connectivity index (χ3n) is 6.82. The molecule has 218 valence electrons. The molecule has 2 aliphatic rings. The highest BCUT2D eigenvalue weighted by molar-refractivity contribution is 7.92. The van der Waals surface area contributed by atoms with Gasteiger partial charge >= 0.3 is 12.3 Å². The van der Waals surface area contributed by atoms with Crippen LogP contribution < -0.4 is 19.7 Å². The fourth-order valence-corrected chi connectivity index (χ4v) is 5.86. The normalized spacial score (nSPS) is 21.0. The lowest BCUT2D eigenvalue weighted by Gasteiger charge is -2.36. The number of hydrogen-bond acceptors (Lipinski definition) is 6. The maximum atomic E-state index is 13.6. The molecule has 40 heavy (non-hydrogen) atoms. The van der Waals surface area contributed by atoms with Gasteiger partial charge in [-0.1, -0.05) is 6.92 Å². The van der Waals surface area contributed by atoms with E-state index in [4.69, 9.17) is 4.74 Å². The summed E-state index contributed by atoms with van der Waals surface area (Å²) in [7, 11) is -4.29. The van der Waals surface area contributed by atoms with Gasteiger partial charge in [-0.25, -0.2) is 17.6 Å². The molecule has 0 saturated heterocycles. The Morgan fingerprint density at radius 3 is 2.35 bits per heavy atom. The molecule has 4 rings (SSSR count). The van der Waals surface area contributed by atoms with E-state index in [0.29, 0.717) is 19.8 Å². The van der Waals surface area contributed by atoms with Gasteiger partial charge < -0.3 is 14.8 Å². The zero-order chi connectivity index (χ0) is 29.5. The Kier molecular flexibility index (Phi) is 7.94. The second-order valence-electron chi connectivity index (χ2n) is 10.5. The van der Waals surface area contributed by atoms with Crippen molar-refractivity contribution in [2.75, 3.05) is 22.7 Å². The maximum Gasteiger partial charge on any atom is 0.427 e. The van der Waals surface area contributed by atoms with Crippen molar-refractivity contribution < 1.29 is 45.0 Å². The molecule has 1 fully saturated rings. The third-order valence-corrected chi connectivity index (χ3v) is 8.61. The molecular weight excluding hydrogens is 558 g/mol. The van der Waals surface area contributed by atoms with E-state index in [1.165, 1.54) is 18.2 Å². The Morgan fingerprint density at radius 1 is 1.10 bits per heavy atom. The molecule has 1 aliphatic heterocycles. The van der Waals surface area contributed by atoms with Gasteiger partial charge in [0.1, 0.15) is 17.7 Å². The number of nitrogens with zero attached hydrogens (tertiary/aromatic N) is 1. The third kappa shape index (κ3) is 6.26. The molecule has 1 heterocycles. The molecule has 2 amide bonds. The number of carbonyl (C=O) groups is 2. The van der Waals surface area contributed by atoms with E-state index < -0.39 is 39.8 Å². The van der Waals surface area contributed by atoms with Crippen molar-refractivity contribution in [2.45, 2.75) is 56.4 Å². The van der Waals surface area contributed by atoms with Crippen molar-refractivity contribution >= 4 is 33.4 Å². The summed E-state index contributed by atoms with van der Waals surface area (Å²) in [4.78, 5) is 24.4. The van der Waals surface area contributed by atoms with Gasteiger partial charge in [0.05, 0.1) is 23.7 Å². The van der Waals surface area contributed by atoms with Gasteiger partial charge in [-0.3, -0.25) is 14.4 Å². The number of ether oxygens (including phenoxy) is 2. The predicted molar refractivity (Wildman–Crippen MR) is 137 cm³/mol. The van der Waals surface area contributed by atoms with Crippen LogP contribution in [0.25, 0.3) is 0 Å². The summed E-state index contributed by atoms with van der Waals surface area (Å²) in [5.74, 6) is -0.354. The standard InChI is InChI=1S/C26H29F4N3O6S/c1-15-10-16(11-15)23(34)31-13-19-14-33(40(36,37)20-7-4-17(27)5-8-20)21-12-18(6-9-22(21)38-19)32-24(35)39-25(2,3)26(28,29)30/h4-9,12,15-16,19H,10-11,13-14H2,1-3H3,(H,31,34)(H,32,35)/t15?,16?,19-/m0/s1. The number of rotatable bonds is 7. The zero-order valence-corrected chi connectivity index (χ0v) is 22.7. The summed E-state index contributed by atoms with van der Waals surface area (Å²) in [5.41, 5.74) is -2.86. The van der Waals surface area contributed by atoms with Gasteiger partial charge in [-0.2, -0.15) is 13.2 Å². The van der Waals surface area contributed by atoms with Crippen LogP contribution in [0.5, 0.6) is 5.75 Å². The van der Waals surface area contributed by atoms with Gasteiger partial charge in [0.25, 0.3) is 10.0 Å². The van der Waals surface area contributed by atoms with Crippen molar-refractivity contribution in [3.8, 4) is 5.75 Å². The van der Waals surface area contributed by atoms with E-state index in [-0.39, 0.29) is 46.9 Å². The molecule has 2 aromatic rings. The van der Waals surface area contributed by atoms with Crippen LogP contribution in [0.4, 0.5) is 33.7 Å². The first kappa shape index (κ1) is 29.4. The van der Waals surface area contributed by atoms with E-state index in [2.05, 4.69) is 15.4 Å². The van der Waals surface area contributed by atoms with Gasteiger partial charge in [-0.15, -0.1) is 0 Å². The van der Waals surface area contributed by atoms with Crippen LogP contribution >= 0.6 is 0 Å². The minimum atomic E-state index is -4.82. The molecule has 0 radical (unpaired) electrons. The van der Waals surface area contributed by atoms with Gasteiger partial charge in [0, 0.05) is 11.6 Å². The van der Waals surface area contributed by atoms with Crippen molar-refractivity contribution in [2.24, 2.45) is 11.8 Å². The van der Waals surface area contributed by atoms with E-state index >= 15 is 0 Å². The average molecular weight is 588 g/mol. The van der Waals surface area contributed by atoms with Crippen LogP contribution in [0.15, 0.2) is 47.4 Å². The number of anilines is 2. The van der Waals surface area contributed by atoms with E-state index in [1.807, 2.05) is 6.92 Å². The Hall–Kier alpha value is -3.55. The summed E-state index contributed by atoms with van der Waals surface area (Å²) in [6.07, 6.45) is -5.48. The smallest absolute Gasteiger partial charge is 0.427 e. The summed E-state index contributed by atoms with van der Waals surface area (Å²) >= 11 is 0. The molecule has 0 spiro atoms. The lowest BCUT2D eigenvalue weighted by Crippen LogP contribution is -2.49. The molecule has 1 aliphatic carbocycles. The van der Waals surface area contributed by atoms with Gasteiger partial charge in [-0.05, 0) is 75.1 Å². The molecule has 9 nitrogen and oxygen atoms in total. The number of sulfonamides is 1. The van der Waals surface area contributed by atoms with Crippen molar-refractivity contribution in [3.63, 3.8) is 0 Å². The van der Waals surface area contributed by atoms with Crippen molar-refractivity contribution in [3.05, 3.63) is 48.3 Å². The van der Waals surface area contributed by atoms with E-state index in [9.17, 15) is 35.6 Å². The molecule has 0 bridgehead atoms. The van der Waals surface area contributed by atoms with Crippen LogP contribution in [0.2, 0.25) is 0 Å². The van der Waals surface area contributed by atoms with E-state index in [0.717, 1.165) is 41.4 Å². The number of amides is 2. The molecule has 1 atom stereocenters. The van der Waals surface area contributed by atoms with Gasteiger partial charge in [0.2, 0.25) is 11.5 Å². The first-order valence-electron chi connectivity index (χ1n) is 12.5. The number of carbonyl (C=O) groups excluding carboxylic acids is 2. The number of benzene rings is 2. The van der Waals surface area contributed by atoms with Crippen LogP contribution in [0.1, 0.15) is 33.6 Å². The minimum absolute atomic E-state index is 0.0114. The van der Waals surface area contributed by atoms with Gasteiger partial charge in [0.15, 0.2) is 0 Å². The first-order valence-corrected chi connectivity index (χ1v) is 13.9. The molecule has 2 aromatic carbocycles. The zero-order valence-electron chi connectivity index (χ0n) is 21.9. The molecule has 0 aromatic heterocycles. The Balaban J connectivity index is 1.59. The van der Waals surface area contributed by atoms with Crippen molar-refractivity contribution in [1.82, 2.24) is 5.32 Å². The molecular formula is C26H29F4N3O6S. The van der Waals surface area contributed by atoms with Crippen LogP contribution in [-0.4, -0.2) is 51.4 Å². The first-order chi connectivity index (χ1) is 18.6. The molecule has 1 saturated carbocycles. The van der Waals surface area contributed by atoms with Crippen LogP contribution in [0, 0.1) is 17.7 Å². The number of fused-ring (bicyclic) bond motifs is 1. The minimum Gasteiger partial charge on any atom is -0.484 e.